The van der Waals surface area contributed by atoms with Gasteiger partial charge in [0.05, 0.1) is 24.3 Å². The Morgan fingerprint density at radius 3 is 2.50 bits per heavy atom. The minimum atomic E-state index is -0.456. The zero-order valence-electron chi connectivity index (χ0n) is 17.5. The number of urea groups is 1. The second kappa shape index (κ2) is 9.22. The van der Waals surface area contributed by atoms with Crippen LogP contribution in [-0.2, 0) is 11.3 Å². The second-order valence-electron chi connectivity index (χ2n) is 7.29. The molecule has 30 heavy (non-hydrogen) atoms. The van der Waals surface area contributed by atoms with Gasteiger partial charge in [0.15, 0.2) is 11.5 Å². The molecule has 1 aliphatic rings. The molecule has 6 nitrogen and oxygen atoms in total. The predicted octanol–water partition coefficient (Wildman–Crippen LogP) is 4.93. The van der Waals surface area contributed by atoms with Gasteiger partial charge >= 0.3 is 6.03 Å². The molecule has 0 saturated carbocycles. The summed E-state index contributed by atoms with van der Waals surface area (Å²) in [6.07, 6.45) is 1.51. The van der Waals surface area contributed by atoms with Gasteiger partial charge < -0.3 is 14.8 Å². The molecular weight excluding hydrogens is 404 g/mol. The maximum atomic E-state index is 12.8. The molecule has 1 aliphatic heterocycles. The van der Waals surface area contributed by atoms with E-state index in [4.69, 9.17) is 21.1 Å². The largest absolute Gasteiger partial charge is 0.490 e. The topological polar surface area (TPSA) is 67.9 Å². The molecule has 0 spiro atoms. The monoisotopic (exact) mass is 428 g/mol. The molecule has 0 aromatic heterocycles. The first-order valence-corrected chi connectivity index (χ1v) is 10.2. The van der Waals surface area contributed by atoms with Crippen LogP contribution < -0.4 is 14.8 Å². The van der Waals surface area contributed by atoms with Crippen LogP contribution in [0.25, 0.3) is 6.08 Å². The third kappa shape index (κ3) is 4.94. The third-order valence-electron chi connectivity index (χ3n) is 4.42. The molecule has 0 aliphatic carbocycles. The van der Waals surface area contributed by atoms with Crippen molar-refractivity contribution in [3.05, 3.63) is 63.8 Å². The van der Waals surface area contributed by atoms with Crippen LogP contribution in [0.15, 0.2) is 42.1 Å². The van der Waals surface area contributed by atoms with E-state index in [0.717, 1.165) is 11.1 Å². The van der Waals surface area contributed by atoms with Crippen molar-refractivity contribution >= 4 is 29.6 Å². The van der Waals surface area contributed by atoms with Gasteiger partial charge in [0, 0.05) is 0 Å². The Bertz CT molecular complexity index is 983. The van der Waals surface area contributed by atoms with Crippen LogP contribution in [0.5, 0.6) is 11.5 Å². The van der Waals surface area contributed by atoms with Gasteiger partial charge in [-0.25, -0.2) is 4.79 Å². The maximum absolute atomic E-state index is 12.8. The molecule has 1 N–H and O–H groups in total. The average molecular weight is 429 g/mol. The zero-order valence-corrected chi connectivity index (χ0v) is 18.2. The van der Waals surface area contributed by atoms with Gasteiger partial charge in [0.2, 0.25) is 0 Å². The van der Waals surface area contributed by atoms with E-state index >= 15 is 0 Å². The molecule has 0 bridgehead atoms. The smallest absolute Gasteiger partial charge is 0.329 e. The van der Waals surface area contributed by atoms with Crippen molar-refractivity contribution in [3.63, 3.8) is 0 Å². The van der Waals surface area contributed by atoms with Gasteiger partial charge in [-0.1, -0.05) is 41.4 Å². The first-order valence-electron chi connectivity index (χ1n) is 9.81. The Hall–Kier alpha value is -2.99. The maximum Gasteiger partial charge on any atom is 0.329 e. The van der Waals surface area contributed by atoms with Crippen LogP contribution in [0.4, 0.5) is 4.79 Å². The van der Waals surface area contributed by atoms with E-state index in [2.05, 4.69) is 5.32 Å². The fourth-order valence-corrected chi connectivity index (χ4v) is 3.31. The summed E-state index contributed by atoms with van der Waals surface area (Å²) < 4.78 is 11.4. The van der Waals surface area contributed by atoms with E-state index < -0.39 is 11.9 Å². The standard InChI is InChI=1S/C23H25ClN2O4/c1-5-29-20-12-17(10-18(24)21(20)30-14(2)3)11-19-22(27)26(23(28)25-19)13-16-8-6-15(4)7-9-16/h6-12,14H,5,13H2,1-4H3,(H,25,28)/b19-11+. The number of benzene rings is 2. The number of carbonyl (C=O) groups excluding carboxylic acids is 2. The lowest BCUT2D eigenvalue weighted by Gasteiger charge is -2.16. The highest BCUT2D eigenvalue weighted by Gasteiger charge is 2.33. The quantitative estimate of drug-likeness (QED) is 0.501. The Kier molecular flexibility index (Phi) is 6.67. The molecule has 2 aromatic carbocycles. The van der Waals surface area contributed by atoms with Crippen molar-refractivity contribution in [2.45, 2.75) is 40.3 Å². The molecule has 0 unspecified atom stereocenters. The van der Waals surface area contributed by atoms with E-state index in [-0.39, 0.29) is 18.3 Å². The minimum absolute atomic E-state index is 0.0723. The molecule has 3 amide bonds. The molecule has 1 fully saturated rings. The normalized spacial score (nSPS) is 15.1. The van der Waals surface area contributed by atoms with Crippen molar-refractivity contribution in [1.29, 1.82) is 0 Å². The minimum Gasteiger partial charge on any atom is -0.490 e. The Morgan fingerprint density at radius 1 is 1.17 bits per heavy atom. The van der Waals surface area contributed by atoms with Crippen molar-refractivity contribution in [3.8, 4) is 11.5 Å². The number of halogens is 1. The van der Waals surface area contributed by atoms with Gasteiger partial charge in [-0.3, -0.25) is 9.69 Å². The van der Waals surface area contributed by atoms with E-state index in [9.17, 15) is 9.59 Å². The number of rotatable bonds is 7. The lowest BCUT2D eigenvalue weighted by molar-refractivity contribution is -0.123. The van der Waals surface area contributed by atoms with Crippen LogP contribution in [-0.4, -0.2) is 29.5 Å². The van der Waals surface area contributed by atoms with Gasteiger partial charge in [-0.05, 0) is 57.0 Å². The van der Waals surface area contributed by atoms with E-state index in [1.807, 2.05) is 52.0 Å². The molecule has 158 valence electrons. The molecule has 3 rings (SSSR count). The number of ether oxygens (including phenoxy) is 2. The van der Waals surface area contributed by atoms with Crippen molar-refractivity contribution < 1.29 is 19.1 Å². The van der Waals surface area contributed by atoms with Gasteiger partial charge in [0.25, 0.3) is 5.91 Å². The first-order chi connectivity index (χ1) is 14.3. The number of nitrogens with one attached hydrogen (secondary N) is 1. The van der Waals surface area contributed by atoms with Crippen LogP contribution in [0.3, 0.4) is 0 Å². The summed E-state index contributed by atoms with van der Waals surface area (Å²) in [6, 6.07) is 10.7. The number of carbonyl (C=O) groups is 2. The van der Waals surface area contributed by atoms with Crippen molar-refractivity contribution in [1.82, 2.24) is 10.2 Å². The third-order valence-corrected chi connectivity index (χ3v) is 4.70. The summed E-state index contributed by atoms with van der Waals surface area (Å²) in [7, 11) is 0. The number of hydrogen-bond acceptors (Lipinski definition) is 4. The summed E-state index contributed by atoms with van der Waals surface area (Å²) in [5.74, 6) is 0.550. The summed E-state index contributed by atoms with van der Waals surface area (Å²) in [5, 5.41) is 3.01. The molecule has 1 saturated heterocycles. The number of hydrogen-bond donors (Lipinski definition) is 1. The number of nitrogens with zero attached hydrogens (tertiary/aromatic N) is 1. The van der Waals surface area contributed by atoms with Crippen LogP contribution in [0.2, 0.25) is 5.02 Å². The lowest BCUT2D eigenvalue weighted by atomic mass is 10.1. The van der Waals surface area contributed by atoms with Crippen LogP contribution >= 0.6 is 11.6 Å². The van der Waals surface area contributed by atoms with Crippen molar-refractivity contribution in [2.75, 3.05) is 6.61 Å². The average Bonchev–Trinajstić information content (AvgIpc) is 2.93. The van der Waals surface area contributed by atoms with E-state index in [1.165, 1.54) is 4.90 Å². The molecule has 0 radical (unpaired) electrons. The molecule has 0 atom stereocenters. The molecule has 1 heterocycles. The highest BCUT2D eigenvalue weighted by atomic mass is 35.5. The predicted molar refractivity (Wildman–Crippen MR) is 117 cm³/mol. The highest BCUT2D eigenvalue weighted by Crippen LogP contribution is 2.38. The van der Waals surface area contributed by atoms with Crippen molar-refractivity contribution in [2.24, 2.45) is 0 Å². The summed E-state index contributed by atoms with van der Waals surface area (Å²) in [6.45, 7) is 8.28. The first kappa shape index (κ1) is 21.7. The lowest BCUT2D eigenvalue weighted by Crippen LogP contribution is -2.30. The number of aryl methyl sites for hydroxylation is 1. The Morgan fingerprint density at radius 2 is 1.87 bits per heavy atom. The molecular formula is C23H25ClN2O4. The van der Waals surface area contributed by atoms with E-state index in [0.29, 0.717) is 28.7 Å². The van der Waals surface area contributed by atoms with Gasteiger partial charge in [-0.2, -0.15) is 0 Å². The summed E-state index contributed by atoms with van der Waals surface area (Å²) in [5.41, 5.74) is 2.80. The van der Waals surface area contributed by atoms with Gasteiger partial charge in [-0.15, -0.1) is 0 Å². The van der Waals surface area contributed by atoms with Crippen LogP contribution in [0, 0.1) is 6.92 Å². The number of amides is 3. The summed E-state index contributed by atoms with van der Waals surface area (Å²) >= 11 is 6.40. The number of imide groups is 1. The SMILES string of the molecule is CCOc1cc(/C=C2/NC(=O)N(Cc3ccc(C)cc3)C2=O)cc(Cl)c1OC(C)C. The highest BCUT2D eigenvalue weighted by molar-refractivity contribution is 6.32. The fraction of sp³-hybridized carbons (Fsp3) is 0.304. The second-order valence-corrected chi connectivity index (χ2v) is 7.70. The zero-order chi connectivity index (χ0) is 21.8. The fourth-order valence-electron chi connectivity index (χ4n) is 3.04. The molecule has 7 heteroatoms. The van der Waals surface area contributed by atoms with Crippen LogP contribution in [0.1, 0.15) is 37.5 Å². The van der Waals surface area contributed by atoms with Gasteiger partial charge in [0.1, 0.15) is 5.70 Å². The molecule has 2 aromatic rings. The summed E-state index contributed by atoms with van der Waals surface area (Å²) in [4.78, 5) is 26.3. The Labute approximate surface area is 181 Å². The Balaban J connectivity index is 1.86. The van der Waals surface area contributed by atoms with E-state index in [1.54, 1.807) is 18.2 Å².